The first-order chi connectivity index (χ1) is 9.22. The van der Waals surface area contributed by atoms with Crippen LogP contribution in [0.4, 0.5) is 0 Å². The quantitative estimate of drug-likeness (QED) is 0.882. The molecule has 0 radical (unpaired) electrons. The van der Waals surface area contributed by atoms with Gasteiger partial charge in [0, 0.05) is 31.7 Å². The Balaban J connectivity index is 1.65. The van der Waals surface area contributed by atoms with Gasteiger partial charge in [-0.2, -0.15) is 0 Å². The van der Waals surface area contributed by atoms with Crippen molar-refractivity contribution >= 4 is 0 Å². The molecule has 19 heavy (non-hydrogen) atoms. The van der Waals surface area contributed by atoms with Crippen molar-refractivity contribution < 1.29 is 5.11 Å². The minimum atomic E-state index is 0.244. The third-order valence-corrected chi connectivity index (χ3v) is 4.49. The van der Waals surface area contributed by atoms with E-state index in [0.29, 0.717) is 6.04 Å². The van der Waals surface area contributed by atoms with Gasteiger partial charge in [0.1, 0.15) is 5.75 Å². The fraction of sp³-hybridized carbons (Fsp3) is 0.667. The van der Waals surface area contributed by atoms with Crippen LogP contribution in [-0.4, -0.2) is 51.6 Å². The van der Waals surface area contributed by atoms with Crippen molar-refractivity contribution in [2.45, 2.75) is 44.8 Å². The van der Waals surface area contributed by atoms with Crippen molar-refractivity contribution in [3.63, 3.8) is 0 Å². The largest absolute Gasteiger partial charge is 0.506 e. The molecule has 0 spiro atoms. The second-order valence-corrected chi connectivity index (χ2v) is 5.93. The minimum Gasteiger partial charge on any atom is -0.506 e. The van der Waals surface area contributed by atoms with Crippen LogP contribution in [0.25, 0.3) is 0 Å². The molecule has 104 valence electrons. The van der Waals surface area contributed by atoms with Gasteiger partial charge in [-0.3, -0.25) is 14.8 Å². The van der Waals surface area contributed by atoms with Gasteiger partial charge in [0.05, 0.1) is 11.9 Å². The Morgan fingerprint density at radius 3 is 3.00 bits per heavy atom. The predicted molar refractivity (Wildman–Crippen MR) is 75.0 cm³/mol. The molecule has 1 aromatic rings. The molecular formula is C15H23N3O. The van der Waals surface area contributed by atoms with Crippen molar-refractivity contribution in [3.05, 3.63) is 24.0 Å². The topological polar surface area (TPSA) is 39.6 Å². The molecule has 2 aliphatic heterocycles. The zero-order valence-corrected chi connectivity index (χ0v) is 11.6. The van der Waals surface area contributed by atoms with Crippen LogP contribution < -0.4 is 0 Å². The van der Waals surface area contributed by atoms with Crippen LogP contribution >= 0.6 is 0 Å². The Hall–Kier alpha value is -1.13. The van der Waals surface area contributed by atoms with E-state index < -0.39 is 0 Å². The molecule has 4 heteroatoms. The summed E-state index contributed by atoms with van der Waals surface area (Å²) < 4.78 is 0. The van der Waals surface area contributed by atoms with Gasteiger partial charge in [-0.1, -0.05) is 6.42 Å². The van der Waals surface area contributed by atoms with Crippen LogP contribution in [0, 0.1) is 0 Å². The summed E-state index contributed by atoms with van der Waals surface area (Å²) >= 11 is 0. The molecule has 2 saturated heterocycles. The highest BCUT2D eigenvalue weighted by atomic mass is 16.3. The van der Waals surface area contributed by atoms with E-state index in [9.17, 15) is 5.11 Å². The van der Waals surface area contributed by atoms with Gasteiger partial charge in [-0.25, -0.2) is 0 Å². The summed E-state index contributed by atoms with van der Waals surface area (Å²) in [4.78, 5) is 9.50. The first-order valence-corrected chi connectivity index (χ1v) is 7.34. The lowest BCUT2D eigenvalue weighted by molar-refractivity contribution is 0.0105. The Kier molecular flexibility index (Phi) is 3.71. The van der Waals surface area contributed by atoms with E-state index in [-0.39, 0.29) is 5.75 Å². The fourth-order valence-electron chi connectivity index (χ4n) is 3.35. The van der Waals surface area contributed by atoms with E-state index in [1.165, 1.54) is 38.5 Å². The maximum atomic E-state index is 9.29. The van der Waals surface area contributed by atoms with Crippen molar-refractivity contribution in [1.29, 1.82) is 0 Å². The van der Waals surface area contributed by atoms with Crippen molar-refractivity contribution in [3.8, 4) is 5.75 Å². The number of fused-ring (bicyclic) bond motifs is 1. The van der Waals surface area contributed by atoms with Crippen LogP contribution in [-0.2, 0) is 6.54 Å². The lowest BCUT2D eigenvalue weighted by atomic mass is 9.97. The second-order valence-electron chi connectivity index (χ2n) is 5.93. The zero-order valence-electron chi connectivity index (χ0n) is 11.6. The van der Waals surface area contributed by atoms with Gasteiger partial charge >= 0.3 is 0 Å². The molecule has 2 aliphatic rings. The van der Waals surface area contributed by atoms with Gasteiger partial charge < -0.3 is 5.11 Å². The fourth-order valence-corrected chi connectivity index (χ4v) is 3.35. The molecule has 2 atom stereocenters. The highest BCUT2D eigenvalue weighted by Crippen LogP contribution is 2.25. The van der Waals surface area contributed by atoms with Crippen LogP contribution in [0.15, 0.2) is 18.3 Å². The molecule has 2 unspecified atom stereocenters. The summed E-state index contributed by atoms with van der Waals surface area (Å²) in [5.74, 6) is 0.244. The molecule has 0 amide bonds. The molecule has 1 N–H and O–H groups in total. The highest BCUT2D eigenvalue weighted by Gasteiger charge is 2.32. The summed E-state index contributed by atoms with van der Waals surface area (Å²) in [6, 6.07) is 4.98. The average molecular weight is 261 g/mol. The maximum Gasteiger partial charge on any atom is 0.133 e. The van der Waals surface area contributed by atoms with E-state index >= 15 is 0 Å². The molecule has 0 saturated carbocycles. The number of aromatic hydroxyl groups is 1. The van der Waals surface area contributed by atoms with Crippen LogP contribution in [0.5, 0.6) is 5.75 Å². The molecule has 1 aromatic heterocycles. The Morgan fingerprint density at radius 2 is 2.21 bits per heavy atom. The molecule has 0 bridgehead atoms. The Morgan fingerprint density at radius 1 is 1.32 bits per heavy atom. The number of piperidine rings is 1. The minimum absolute atomic E-state index is 0.244. The molecule has 0 aliphatic carbocycles. The lowest BCUT2D eigenvalue weighted by Gasteiger charge is -2.47. The molecule has 3 rings (SSSR count). The van der Waals surface area contributed by atoms with Crippen molar-refractivity contribution in [1.82, 2.24) is 14.8 Å². The zero-order chi connectivity index (χ0) is 13.2. The summed E-state index contributed by atoms with van der Waals surface area (Å²) in [5, 5.41) is 9.29. The van der Waals surface area contributed by atoms with Crippen LogP contribution in [0.2, 0.25) is 0 Å². The monoisotopic (exact) mass is 261 g/mol. The summed E-state index contributed by atoms with van der Waals surface area (Å²) in [7, 11) is 0. The van der Waals surface area contributed by atoms with E-state index in [1.807, 2.05) is 6.07 Å². The first kappa shape index (κ1) is 12.9. The van der Waals surface area contributed by atoms with Gasteiger partial charge in [-0.05, 0) is 38.4 Å². The lowest BCUT2D eigenvalue weighted by Crippen LogP contribution is -2.58. The average Bonchev–Trinajstić information content (AvgIpc) is 2.42. The van der Waals surface area contributed by atoms with E-state index in [2.05, 4.69) is 21.7 Å². The number of nitrogens with zero attached hydrogens (tertiary/aromatic N) is 3. The normalized spacial score (nSPS) is 29.1. The van der Waals surface area contributed by atoms with Gasteiger partial charge in [0.15, 0.2) is 0 Å². The third-order valence-electron chi connectivity index (χ3n) is 4.49. The van der Waals surface area contributed by atoms with Gasteiger partial charge in [0.2, 0.25) is 0 Å². The van der Waals surface area contributed by atoms with Crippen molar-refractivity contribution in [2.75, 3.05) is 19.6 Å². The summed E-state index contributed by atoms with van der Waals surface area (Å²) in [6.07, 6.45) is 5.62. The third kappa shape index (κ3) is 2.90. The SMILES string of the molecule is CC1CN2CCCCC2CN1Cc1ccc(O)cn1. The Labute approximate surface area is 115 Å². The van der Waals surface area contributed by atoms with E-state index in [4.69, 9.17) is 0 Å². The predicted octanol–water partition coefficient (Wildman–Crippen LogP) is 1.85. The maximum absolute atomic E-state index is 9.29. The van der Waals surface area contributed by atoms with E-state index in [1.54, 1.807) is 6.07 Å². The second kappa shape index (κ2) is 5.47. The van der Waals surface area contributed by atoms with E-state index in [0.717, 1.165) is 24.8 Å². The molecule has 0 aromatic carbocycles. The van der Waals surface area contributed by atoms with Crippen LogP contribution in [0.3, 0.4) is 0 Å². The van der Waals surface area contributed by atoms with Crippen molar-refractivity contribution in [2.24, 2.45) is 0 Å². The van der Waals surface area contributed by atoms with Gasteiger partial charge in [0.25, 0.3) is 0 Å². The number of aromatic nitrogens is 1. The molecule has 4 nitrogen and oxygen atoms in total. The Bertz CT molecular complexity index is 420. The first-order valence-electron chi connectivity index (χ1n) is 7.34. The standard InChI is InChI=1S/C15H23N3O/c1-12-9-17-7-3-2-4-14(17)11-18(12)10-13-5-6-15(19)8-16-13/h5-6,8,12,14,19H,2-4,7,9-11H2,1H3. The molecular weight excluding hydrogens is 238 g/mol. The number of hydrogen-bond acceptors (Lipinski definition) is 4. The summed E-state index contributed by atoms with van der Waals surface area (Å²) in [5.41, 5.74) is 1.05. The number of piperazine rings is 1. The van der Waals surface area contributed by atoms with Gasteiger partial charge in [-0.15, -0.1) is 0 Å². The molecule has 3 heterocycles. The highest BCUT2D eigenvalue weighted by molar-refractivity contribution is 5.18. The summed E-state index contributed by atoms with van der Waals surface area (Å²) in [6.45, 7) is 6.82. The number of pyridine rings is 1. The van der Waals surface area contributed by atoms with Crippen LogP contribution in [0.1, 0.15) is 31.9 Å². The number of rotatable bonds is 2. The molecule has 2 fully saturated rings. The smallest absolute Gasteiger partial charge is 0.133 e. The number of hydrogen-bond donors (Lipinski definition) is 1.